The van der Waals surface area contributed by atoms with E-state index in [1.54, 1.807) is 0 Å². The molecule has 2 N–H and O–H groups in total. The van der Waals surface area contributed by atoms with Crippen LogP contribution in [0, 0.1) is 5.82 Å². The van der Waals surface area contributed by atoms with Crippen molar-refractivity contribution in [2.75, 3.05) is 13.6 Å². The van der Waals surface area contributed by atoms with Crippen LogP contribution in [0.3, 0.4) is 0 Å². The third-order valence-electron chi connectivity index (χ3n) is 2.28. The summed E-state index contributed by atoms with van der Waals surface area (Å²) >= 11 is 0. The van der Waals surface area contributed by atoms with Crippen molar-refractivity contribution in [3.05, 3.63) is 29.6 Å². The second-order valence-electron chi connectivity index (χ2n) is 4.00. The first kappa shape index (κ1) is 14.9. The highest BCUT2D eigenvalue weighted by Crippen LogP contribution is 2.16. The molecule has 0 aliphatic rings. The maximum absolute atomic E-state index is 12.9. The van der Waals surface area contributed by atoms with Crippen LogP contribution in [-0.4, -0.2) is 41.8 Å². The lowest BCUT2D eigenvalue weighted by Crippen LogP contribution is -2.37. The summed E-state index contributed by atoms with van der Waals surface area (Å²) in [6.45, 7) is -1.29. The lowest BCUT2D eigenvalue weighted by Gasteiger charge is -2.20. The molecule has 0 aliphatic carbocycles. The average molecular weight is 265 g/mol. The number of nitrogens with zero attached hydrogens (tertiary/aromatic N) is 1. The van der Waals surface area contributed by atoms with Crippen LogP contribution in [0.4, 0.5) is 17.6 Å². The molecular formula is C10H12BF4NO2. The molecule has 8 heteroatoms. The van der Waals surface area contributed by atoms with E-state index in [1.165, 1.54) is 13.1 Å². The molecular weight excluding hydrogens is 253 g/mol. The minimum atomic E-state index is -4.34. The minimum Gasteiger partial charge on any atom is -0.423 e. The largest absolute Gasteiger partial charge is 0.488 e. The Morgan fingerprint density at radius 2 is 1.89 bits per heavy atom. The summed E-state index contributed by atoms with van der Waals surface area (Å²) in [5.74, 6) is -0.680. The lowest BCUT2D eigenvalue weighted by atomic mass is 9.77. The molecule has 1 rings (SSSR count). The highest BCUT2D eigenvalue weighted by atomic mass is 19.4. The predicted octanol–water partition coefficient (Wildman–Crippen LogP) is 0.500. The van der Waals surface area contributed by atoms with Crippen molar-refractivity contribution in [3.63, 3.8) is 0 Å². The van der Waals surface area contributed by atoms with E-state index in [0.717, 1.165) is 17.0 Å². The predicted molar refractivity (Wildman–Crippen MR) is 58.6 cm³/mol. The molecule has 0 radical (unpaired) electrons. The van der Waals surface area contributed by atoms with Crippen LogP contribution in [-0.2, 0) is 6.54 Å². The zero-order valence-electron chi connectivity index (χ0n) is 9.58. The Labute approximate surface area is 102 Å². The molecule has 0 saturated heterocycles. The summed E-state index contributed by atoms with van der Waals surface area (Å²) in [4.78, 5) is 0.957. The standard InChI is InChI=1S/C10H12BF4NO2/c1-16(6-10(13,14)15)5-7-2-3-8(12)4-9(7)11(17)18/h2-4,17-18H,5-6H2,1H3. The molecule has 100 valence electrons. The fourth-order valence-electron chi connectivity index (χ4n) is 1.60. The first-order valence-electron chi connectivity index (χ1n) is 5.09. The topological polar surface area (TPSA) is 43.7 Å². The van der Waals surface area contributed by atoms with E-state index in [0.29, 0.717) is 0 Å². The molecule has 0 unspecified atom stereocenters. The van der Waals surface area contributed by atoms with Gasteiger partial charge in [-0.25, -0.2) is 4.39 Å². The zero-order valence-corrected chi connectivity index (χ0v) is 9.58. The van der Waals surface area contributed by atoms with Crippen molar-refractivity contribution in [1.82, 2.24) is 4.90 Å². The number of hydrogen-bond donors (Lipinski definition) is 2. The maximum Gasteiger partial charge on any atom is 0.488 e. The number of halogens is 4. The molecule has 0 aromatic heterocycles. The van der Waals surface area contributed by atoms with Crippen molar-refractivity contribution in [1.29, 1.82) is 0 Å². The number of benzene rings is 1. The molecule has 0 fully saturated rings. The van der Waals surface area contributed by atoms with Crippen molar-refractivity contribution in [3.8, 4) is 0 Å². The number of rotatable bonds is 4. The molecule has 18 heavy (non-hydrogen) atoms. The van der Waals surface area contributed by atoms with Crippen LogP contribution in [0.5, 0.6) is 0 Å². The highest BCUT2D eigenvalue weighted by Gasteiger charge is 2.29. The van der Waals surface area contributed by atoms with Gasteiger partial charge in [-0.05, 0) is 30.2 Å². The van der Waals surface area contributed by atoms with Gasteiger partial charge in [0.2, 0.25) is 0 Å². The van der Waals surface area contributed by atoms with Gasteiger partial charge < -0.3 is 10.0 Å². The van der Waals surface area contributed by atoms with Crippen molar-refractivity contribution in [2.45, 2.75) is 12.7 Å². The summed E-state index contributed by atoms with van der Waals surface area (Å²) < 4.78 is 49.3. The Hall–Kier alpha value is -1.12. The smallest absolute Gasteiger partial charge is 0.423 e. The quantitative estimate of drug-likeness (QED) is 0.615. The number of hydrogen-bond acceptors (Lipinski definition) is 3. The van der Waals surface area contributed by atoms with Crippen molar-refractivity contribution in [2.24, 2.45) is 0 Å². The molecule has 0 saturated carbocycles. The van der Waals surface area contributed by atoms with Gasteiger partial charge in [0.25, 0.3) is 0 Å². The third kappa shape index (κ3) is 4.63. The van der Waals surface area contributed by atoms with Crippen molar-refractivity contribution >= 4 is 12.6 Å². The monoisotopic (exact) mass is 265 g/mol. The number of alkyl halides is 3. The van der Waals surface area contributed by atoms with Crippen molar-refractivity contribution < 1.29 is 27.6 Å². The van der Waals surface area contributed by atoms with E-state index in [1.807, 2.05) is 0 Å². The molecule has 0 spiro atoms. The summed E-state index contributed by atoms with van der Waals surface area (Å²) in [6.07, 6.45) is -4.34. The second kappa shape index (κ2) is 5.68. The fourth-order valence-corrected chi connectivity index (χ4v) is 1.60. The van der Waals surface area contributed by atoms with Gasteiger partial charge in [-0.1, -0.05) is 6.07 Å². The Morgan fingerprint density at radius 1 is 1.28 bits per heavy atom. The molecule has 0 amide bonds. The van der Waals surface area contributed by atoms with E-state index in [-0.39, 0.29) is 17.6 Å². The SMILES string of the molecule is CN(Cc1ccc(F)cc1B(O)O)CC(F)(F)F. The van der Waals surface area contributed by atoms with Gasteiger partial charge in [-0.3, -0.25) is 4.90 Å². The molecule has 0 aliphatic heterocycles. The molecule has 1 aromatic carbocycles. The minimum absolute atomic E-state index is 0.135. The van der Waals surface area contributed by atoms with Crippen LogP contribution in [0.2, 0.25) is 0 Å². The Bertz CT molecular complexity index is 411. The summed E-state index contributed by atoms with van der Waals surface area (Å²) in [7, 11) is -0.681. The average Bonchev–Trinajstić information content (AvgIpc) is 2.17. The third-order valence-corrected chi connectivity index (χ3v) is 2.28. The lowest BCUT2D eigenvalue weighted by molar-refractivity contribution is -0.144. The molecule has 1 aromatic rings. The van der Waals surface area contributed by atoms with E-state index >= 15 is 0 Å². The first-order valence-corrected chi connectivity index (χ1v) is 5.09. The van der Waals surface area contributed by atoms with Gasteiger partial charge in [-0.15, -0.1) is 0 Å². The van der Waals surface area contributed by atoms with Gasteiger partial charge in [0, 0.05) is 6.54 Å². The van der Waals surface area contributed by atoms with Gasteiger partial charge in [0.05, 0.1) is 6.54 Å². The molecule has 0 atom stereocenters. The fraction of sp³-hybridized carbons (Fsp3) is 0.400. The van der Waals surface area contributed by atoms with Crippen LogP contribution in [0.25, 0.3) is 0 Å². The van der Waals surface area contributed by atoms with Gasteiger partial charge in [0.1, 0.15) is 5.82 Å². The summed E-state index contributed by atoms with van der Waals surface area (Å²) in [6, 6.07) is 3.18. The Balaban J connectivity index is 2.84. The van der Waals surface area contributed by atoms with Gasteiger partial charge in [-0.2, -0.15) is 13.2 Å². The van der Waals surface area contributed by atoms with Gasteiger partial charge in [0.15, 0.2) is 0 Å². The van der Waals surface area contributed by atoms with Crippen LogP contribution < -0.4 is 5.46 Å². The molecule has 3 nitrogen and oxygen atoms in total. The first-order chi connectivity index (χ1) is 8.19. The van der Waals surface area contributed by atoms with Crippen LogP contribution in [0.15, 0.2) is 18.2 Å². The van der Waals surface area contributed by atoms with E-state index < -0.39 is 25.7 Å². The Morgan fingerprint density at radius 3 is 2.39 bits per heavy atom. The van der Waals surface area contributed by atoms with E-state index in [2.05, 4.69) is 0 Å². The summed E-state index contributed by atoms with van der Waals surface area (Å²) in [5, 5.41) is 18.0. The van der Waals surface area contributed by atoms with Crippen LogP contribution >= 0.6 is 0 Å². The maximum atomic E-state index is 12.9. The second-order valence-corrected chi connectivity index (χ2v) is 4.00. The van der Waals surface area contributed by atoms with E-state index in [4.69, 9.17) is 10.0 Å². The highest BCUT2D eigenvalue weighted by molar-refractivity contribution is 6.59. The summed E-state index contributed by atoms with van der Waals surface area (Å²) in [5.41, 5.74) is 0.0992. The Kier molecular flexibility index (Phi) is 4.72. The van der Waals surface area contributed by atoms with Gasteiger partial charge >= 0.3 is 13.3 Å². The van der Waals surface area contributed by atoms with E-state index in [9.17, 15) is 17.6 Å². The normalized spacial score (nSPS) is 12.0. The molecule has 0 heterocycles. The molecule has 0 bridgehead atoms. The zero-order chi connectivity index (χ0) is 13.9. The van der Waals surface area contributed by atoms with Crippen LogP contribution in [0.1, 0.15) is 5.56 Å².